The minimum Gasteiger partial charge on any atom is -0.462 e. The van der Waals surface area contributed by atoms with Crippen LogP contribution in [0.4, 0.5) is 0 Å². The van der Waals surface area contributed by atoms with Gasteiger partial charge in [-0.3, -0.25) is 9.59 Å². The summed E-state index contributed by atoms with van der Waals surface area (Å²) in [5.74, 6) is -0.671. The summed E-state index contributed by atoms with van der Waals surface area (Å²) in [6, 6.07) is -0.750. The van der Waals surface area contributed by atoms with Gasteiger partial charge in [0, 0.05) is 6.42 Å². The van der Waals surface area contributed by atoms with Gasteiger partial charge in [-0.15, -0.1) is 0 Å². The molecular formula is C56H87NO5. The summed E-state index contributed by atoms with van der Waals surface area (Å²) >= 11 is 0. The summed E-state index contributed by atoms with van der Waals surface area (Å²) in [7, 11) is 0. The highest BCUT2D eigenvalue weighted by molar-refractivity contribution is 5.77. The lowest BCUT2D eigenvalue weighted by Crippen LogP contribution is -2.46. The lowest BCUT2D eigenvalue weighted by molar-refractivity contribution is -0.150. The van der Waals surface area contributed by atoms with Gasteiger partial charge in [-0.05, 0) is 77.0 Å². The molecule has 6 heteroatoms. The van der Waals surface area contributed by atoms with Gasteiger partial charge in [-0.25, -0.2) is 0 Å². The van der Waals surface area contributed by atoms with Gasteiger partial charge in [0.15, 0.2) is 0 Å². The molecule has 0 aliphatic heterocycles. The fraction of sp³-hybridized carbons (Fsp3) is 0.536. The van der Waals surface area contributed by atoms with Crippen LogP contribution < -0.4 is 5.32 Å². The summed E-state index contributed by atoms with van der Waals surface area (Å²) in [4.78, 5) is 26.0. The van der Waals surface area contributed by atoms with Crippen LogP contribution in [0.25, 0.3) is 0 Å². The topological polar surface area (TPSA) is 95.9 Å². The SMILES string of the molecule is CC\C=C/C=C/C=C/C=C\C=C\C=C\CCCC(CC(=O)NC(CO)C(O)CCCCCCCCCCC)OC(=O)CC/C=C\C/C=C\C/C=C\C/C=C\C/C=C\C/C=C\CC. The van der Waals surface area contributed by atoms with E-state index in [4.69, 9.17) is 4.74 Å². The van der Waals surface area contributed by atoms with Crippen molar-refractivity contribution in [2.24, 2.45) is 0 Å². The Balaban J connectivity index is 4.89. The average molecular weight is 854 g/mol. The maximum atomic E-state index is 13.1. The molecule has 1 amide bonds. The summed E-state index contributed by atoms with van der Waals surface area (Å²) in [5.41, 5.74) is 0. The number of hydrogen-bond donors (Lipinski definition) is 3. The largest absolute Gasteiger partial charge is 0.462 e. The zero-order valence-corrected chi connectivity index (χ0v) is 39.2. The van der Waals surface area contributed by atoms with Crippen molar-refractivity contribution in [2.75, 3.05) is 6.61 Å². The Morgan fingerprint density at radius 1 is 0.500 bits per heavy atom. The first-order valence-corrected chi connectivity index (χ1v) is 24.1. The number of nitrogens with one attached hydrogen (secondary N) is 1. The lowest BCUT2D eigenvalue weighted by atomic mass is 10.0. The Bertz CT molecular complexity index is 1420. The Labute approximate surface area is 379 Å². The zero-order chi connectivity index (χ0) is 45.2. The van der Waals surface area contributed by atoms with Crippen LogP contribution in [0.15, 0.2) is 146 Å². The van der Waals surface area contributed by atoms with Crippen molar-refractivity contribution in [1.82, 2.24) is 5.32 Å². The van der Waals surface area contributed by atoms with Crippen LogP contribution in [-0.4, -0.2) is 46.9 Å². The number of aliphatic hydroxyl groups is 2. The molecule has 3 unspecified atom stereocenters. The molecular weight excluding hydrogens is 767 g/mol. The van der Waals surface area contributed by atoms with Gasteiger partial charge >= 0.3 is 5.97 Å². The predicted molar refractivity (Wildman–Crippen MR) is 268 cm³/mol. The van der Waals surface area contributed by atoms with Crippen molar-refractivity contribution in [3.05, 3.63) is 146 Å². The van der Waals surface area contributed by atoms with E-state index in [-0.39, 0.29) is 31.3 Å². The fourth-order valence-corrected chi connectivity index (χ4v) is 6.26. The third-order valence-electron chi connectivity index (χ3n) is 9.84. The number of esters is 1. The standard InChI is InChI=1S/C56H87NO5/c1-4-7-10-13-16-19-21-23-25-26-27-28-30-32-34-37-40-43-46-49-56(61)62-52(47-44-41-38-36-33-31-29-24-22-20-17-14-11-8-5-2)50-55(60)57-53(51-58)54(59)48-45-42-39-35-18-15-12-9-6-3/h7-8,10-11,14,16-17,19-20,22-25,27-29,31-34,36,38,40,43,52-54,58-59H,4-6,9,12-13,15,18,21,26,30,35,37,39,41-42,44-51H2,1-3H3,(H,57,60)/b10-7-,11-8-,17-14+,19-16-,22-20+,25-23-,28-27-,29-24-,33-31+,34-32-,38-36+,43-40-. The van der Waals surface area contributed by atoms with Crippen LogP contribution in [0.1, 0.15) is 168 Å². The van der Waals surface area contributed by atoms with Crippen molar-refractivity contribution in [3.63, 3.8) is 0 Å². The Morgan fingerprint density at radius 3 is 1.45 bits per heavy atom. The number of ether oxygens (including phenoxy) is 1. The van der Waals surface area contributed by atoms with Crippen molar-refractivity contribution in [2.45, 2.75) is 187 Å². The molecule has 0 fully saturated rings. The molecule has 0 aliphatic carbocycles. The molecule has 6 nitrogen and oxygen atoms in total. The van der Waals surface area contributed by atoms with Gasteiger partial charge in [0.25, 0.3) is 0 Å². The highest BCUT2D eigenvalue weighted by atomic mass is 16.5. The molecule has 0 saturated heterocycles. The normalized spacial score (nSPS) is 14.6. The van der Waals surface area contributed by atoms with Crippen LogP contribution in [-0.2, 0) is 14.3 Å². The van der Waals surface area contributed by atoms with Crippen LogP contribution in [0.2, 0.25) is 0 Å². The lowest BCUT2D eigenvalue weighted by Gasteiger charge is -2.24. The molecule has 0 aromatic heterocycles. The second-order valence-electron chi connectivity index (χ2n) is 15.5. The number of carbonyl (C=O) groups is 2. The number of aliphatic hydroxyl groups excluding tert-OH is 2. The maximum Gasteiger partial charge on any atom is 0.306 e. The molecule has 346 valence electrons. The third-order valence-corrected chi connectivity index (χ3v) is 9.84. The number of carbonyl (C=O) groups excluding carboxylic acids is 2. The number of unbranched alkanes of at least 4 members (excludes halogenated alkanes) is 9. The van der Waals surface area contributed by atoms with E-state index in [0.29, 0.717) is 19.3 Å². The average Bonchev–Trinajstić information content (AvgIpc) is 3.26. The van der Waals surface area contributed by atoms with E-state index in [0.717, 1.165) is 77.0 Å². The highest BCUT2D eigenvalue weighted by Crippen LogP contribution is 2.15. The van der Waals surface area contributed by atoms with Gasteiger partial charge < -0.3 is 20.3 Å². The molecule has 0 aromatic rings. The maximum absolute atomic E-state index is 13.1. The molecule has 0 bridgehead atoms. The van der Waals surface area contributed by atoms with E-state index in [2.05, 4.69) is 105 Å². The van der Waals surface area contributed by atoms with Gasteiger partial charge in [-0.2, -0.15) is 0 Å². The molecule has 0 heterocycles. The zero-order valence-electron chi connectivity index (χ0n) is 39.2. The van der Waals surface area contributed by atoms with Gasteiger partial charge in [0.2, 0.25) is 5.91 Å². The molecule has 0 saturated carbocycles. The van der Waals surface area contributed by atoms with Crippen molar-refractivity contribution >= 4 is 11.9 Å². The third kappa shape index (κ3) is 42.4. The number of amides is 1. The Morgan fingerprint density at radius 2 is 0.952 bits per heavy atom. The van der Waals surface area contributed by atoms with Crippen molar-refractivity contribution in [1.29, 1.82) is 0 Å². The minimum atomic E-state index is -0.829. The second-order valence-corrected chi connectivity index (χ2v) is 15.5. The fourth-order valence-electron chi connectivity index (χ4n) is 6.26. The predicted octanol–water partition coefficient (Wildman–Crippen LogP) is 14.4. The summed E-state index contributed by atoms with van der Waals surface area (Å²) in [6.07, 6.45) is 69.2. The molecule has 0 aromatic carbocycles. The van der Waals surface area contributed by atoms with E-state index in [1.807, 2.05) is 66.8 Å². The molecule has 62 heavy (non-hydrogen) atoms. The smallest absolute Gasteiger partial charge is 0.306 e. The molecule has 3 N–H and O–H groups in total. The Hall–Kier alpha value is -4.26. The summed E-state index contributed by atoms with van der Waals surface area (Å²) < 4.78 is 5.83. The van der Waals surface area contributed by atoms with Gasteiger partial charge in [0.1, 0.15) is 6.10 Å². The van der Waals surface area contributed by atoms with E-state index in [9.17, 15) is 19.8 Å². The highest BCUT2D eigenvalue weighted by Gasteiger charge is 2.23. The molecule has 0 spiro atoms. The van der Waals surface area contributed by atoms with Gasteiger partial charge in [0.05, 0.1) is 25.2 Å². The van der Waals surface area contributed by atoms with Gasteiger partial charge in [-0.1, -0.05) is 224 Å². The monoisotopic (exact) mass is 854 g/mol. The quantitative estimate of drug-likeness (QED) is 0.0247. The molecule has 0 radical (unpaired) electrons. The van der Waals surface area contributed by atoms with Crippen LogP contribution >= 0.6 is 0 Å². The van der Waals surface area contributed by atoms with E-state index < -0.39 is 18.2 Å². The summed E-state index contributed by atoms with van der Waals surface area (Å²) in [5, 5.41) is 23.6. The number of hydrogen-bond acceptors (Lipinski definition) is 5. The summed E-state index contributed by atoms with van der Waals surface area (Å²) in [6.45, 7) is 6.13. The van der Waals surface area contributed by atoms with E-state index >= 15 is 0 Å². The molecule has 3 atom stereocenters. The number of rotatable bonds is 40. The van der Waals surface area contributed by atoms with Crippen LogP contribution in [0.5, 0.6) is 0 Å². The van der Waals surface area contributed by atoms with Crippen LogP contribution in [0, 0.1) is 0 Å². The molecule has 0 rings (SSSR count). The molecule has 0 aliphatic rings. The minimum absolute atomic E-state index is 0.0150. The van der Waals surface area contributed by atoms with Crippen molar-refractivity contribution < 1.29 is 24.5 Å². The van der Waals surface area contributed by atoms with E-state index in [1.165, 1.54) is 38.5 Å². The van der Waals surface area contributed by atoms with Crippen LogP contribution in [0.3, 0.4) is 0 Å². The van der Waals surface area contributed by atoms with E-state index in [1.54, 1.807) is 0 Å². The Kier molecular flexibility index (Phi) is 44.5. The first kappa shape index (κ1) is 57.7. The number of allylic oxidation sites excluding steroid dienone is 24. The first-order chi connectivity index (χ1) is 30.5. The van der Waals surface area contributed by atoms with Crippen molar-refractivity contribution in [3.8, 4) is 0 Å². The first-order valence-electron chi connectivity index (χ1n) is 24.1. The second kappa shape index (κ2) is 47.8.